The third kappa shape index (κ3) is 3.52. The fourth-order valence-corrected chi connectivity index (χ4v) is 4.49. The van der Waals surface area contributed by atoms with Crippen molar-refractivity contribution in [3.63, 3.8) is 0 Å². The predicted molar refractivity (Wildman–Crippen MR) is 83.5 cm³/mol. The first-order valence-electron chi connectivity index (χ1n) is 8.54. The predicted octanol–water partition coefficient (Wildman–Crippen LogP) is 3.67. The first kappa shape index (κ1) is 15.3. The standard InChI is InChI=1S/C17H34N2/c1-5-18-16(15-10-8-9-14(2)13-15)17(3,4)19-11-6-7-12-19/h14-16,18H,5-13H2,1-4H3. The molecule has 19 heavy (non-hydrogen) atoms. The van der Waals surface area contributed by atoms with E-state index < -0.39 is 0 Å². The maximum absolute atomic E-state index is 3.85. The molecule has 3 atom stereocenters. The Bertz CT molecular complexity index is 268. The second-order valence-electron chi connectivity index (χ2n) is 7.42. The average molecular weight is 266 g/mol. The molecule has 2 nitrogen and oxygen atoms in total. The molecule has 1 N–H and O–H groups in total. The fraction of sp³-hybridized carbons (Fsp3) is 1.00. The van der Waals surface area contributed by atoms with Crippen molar-refractivity contribution < 1.29 is 0 Å². The van der Waals surface area contributed by atoms with E-state index in [-0.39, 0.29) is 0 Å². The van der Waals surface area contributed by atoms with E-state index in [9.17, 15) is 0 Å². The zero-order valence-corrected chi connectivity index (χ0v) is 13.5. The molecule has 0 aromatic heterocycles. The summed E-state index contributed by atoms with van der Waals surface area (Å²) in [6, 6.07) is 0.665. The van der Waals surface area contributed by atoms with Crippen molar-refractivity contribution in [2.24, 2.45) is 11.8 Å². The SMILES string of the molecule is CCNC(C1CCCC(C)C1)C(C)(C)N1CCCC1. The molecule has 0 aromatic rings. The molecule has 2 fully saturated rings. The van der Waals surface area contributed by atoms with E-state index in [0.29, 0.717) is 11.6 Å². The maximum Gasteiger partial charge on any atom is 0.0308 e. The van der Waals surface area contributed by atoms with Crippen LogP contribution in [0.3, 0.4) is 0 Å². The highest BCUT2D eigenvalue weighted by Crippen LogP contribution is 2.37. The summed E-state index contributed by atoms with van der Waals surface area (Å²) in [4.78, 5) is 2.74. The number of nitrogens with one attached hydrogen (secondary N) is 1. The molecule has 0 spiro atoms. The molecule has 1 aliphatic heterocycles. The van der Waals surface area contributed by atoms with Crippen LogP contribution in [0.5, 0.6) is 0 Å². The molecular weight excluding hydrogens is 232 g/mol. The number of likely N-dealkylation sites (N-methyl/N-ethyl adjacent to an activating group) is 1. The molecule has 2 heteroatoms. The Labute approximate surface area is 120 Å². The lowest BCUT2D eigenvalue weighted by Gasteiger charge is -2.47. The highest BCUT2D eigenvalue weighted by atomic mass is 15.2. The summed E-state index contributed by atoms with van der Waals surface area (Å²) < 4.78 is 0. The van der Waals surface area contributed by atoms with E-state index in [1.54, 1.807) is 0 Å². The Hall–Kier alpha value is -0.0800. The number of rotatable bonds is 5. The van der Waals surface area contributed by atoms with Gasteiger partial charge in [0.1, 0.15) is 0 Å². The average Bonchev–Trinajstić information content (AvgIpc) is 2.90. The van der Waals surface area contributed by atoms with Crippen LogP contribution in [0.4, 0.5) is 0 Å². The van der Waals surface area contributed by atoms with Crippen LogP contribution < -0.4 is 5.32 Å². The Morgan fingerprint density at radius 2 is 1.84 bits per heavy atom. The molecule has 3 unspecified atom stereocenters. The van der Waals surface area contributed by atoms with Crippen molar-refractivity contribution in [3.05, 3.63) is 0 Å². The molecule has 1 heterocycles. The molecule has 1 aliphatic carbocycles. The highest BCUT2D eigenvalue weighted by molar-refractivity contribution is 4.99. The zero-order chi connectivity index (χ0) is 13.9. The molecule has 112 valence electrons. The third-order valence-corrected chi connectivity index (χ3v) is 5.55. The number of likely N-dealkylation sites (tertiary alicyclic amines) is 1. The van der Waals surface area contributed by atoms with Crippen molar-refractivity contribution >= 4 is 0 Å². The normalized spacial score (nSPS) is 31.6. The minimum atomic E-state index is 0.314. The number of hydrogen-bond donors (Lipinski definition) is 1. The molecular formula is C17H34N2. The summed E-state index contributed by atoms with van der Waals surface area (Å²) in [5.41, 5.74) is 0.314. The molecule has 1 saturated carbocycles. The van der Waals surface area contributed by atoms with Crippen molar-refractivity contribution in [3.8, 4) is 0 Å². The van der Waals surface area contributed by atoms with Crippen LogP contribution in [0.15, 0.2) is 0 Å². The largest absolute Gasteiger partial charge is 0.312 e. The summed E-state index contributed by atoms with van der Waals surface area (Å²) >= 11 is 0. The van der Waals surface area contributed by atoms with Crippen LogP contribution >= 0.6 is 0 Å². The van der Waals surface area contributed by atoms with Gasteiger partial charge < -0.3 is 5.32 Å². The lowest BCUT2D eigenvalue weighted by atomic mass is 9.72. The lowest BCUT2D eigenvalue weighted by Crippen LogP contribution is -2.60. The van der Waals surface area contributed by atoms with Gasteiger partial charge in [-0.05, 0) is 71.0 Å². The summed E-state index contributed by atoms with van der Waals surface area (Å²) in [6.07, 6.45) is 8.52. The first-order chi connectivity index (χ1) is 9.05. The van der Waals surface area contributed by atoms with Gasteiger partial charge in [-0.2, -0.15) is 0 Å². The Balaban J connectivity index is 2.08. The Morgan fingerprint density at radius 1 is 1.16 bits per heavy atom. The molecule has 2 rings (SSSR count). The van der Waals surface area contributed by atoms with Crippen LogP contribution in [0.1, 0.15) is 66.2 Å². The van der Waals surface area contributed by atoms with Gasteiger partial charge in [-0.1, -0.05) is 26.7 Å². The third-order valence-electron chi connectivity index (χ3n) is 5.55. The van der Waals surface area contributed by atoms with Crippen LogP contribution in [0.2, 0.25) is 0 Å². The first-order valence-corrected chi connectivity index (χ1v) is 8.54. The Kier molecular flexibility index (Phi) is 5.30. The van der Waals surface area contributed by atoms with Gasteiger partial charge in [-0.3, -0.25) is 4.90 Å². The van der Waals surface area contributed by atoms with E-state index in [1.165, 1.54) is 51.6 Å². The highest BCUT2D eigenvalue weighted by Gasteiger charge is 2.41. The van der Waals surface area contributed by atoms with Gasteiger partial charge in [0.15, 0.2) is 0 Å². The van der Waals surface area contributed by atoms with Crippen molar-refractivity contribution in [1.82, 2.24) is 10.2 Å². The van der Waals surface area contributed by atoms with Crippen LogP contribution in [0.25, 0.3) is 0 Å². The second-order valence-corrected chi connectivity index (χ2v) is 7.42. The topological polar surface area (TPSA) is 15.3 Å². The van der Waals surface area contributed by atoms with Gasteiger partial charge in [0, 0.05) is 11.6 Å². The second kappa shape index (κ2) is 6.58. The van der Waals surface area contributed by atoms with E-state index >= 15 is 0 Å². The molecule has 2 aliphatic rings. The van der Waals surface area contributed by atoms with Crippen molar-refractivity contribution in [1.29, 1.82) is 0 Å². The van der Waals surface area contributed by atoms with E-state index in [0.717, 1.165) is 18.4 Å². The monoisotopic (exact) mass is 266 g/mol. The van der Waals surface area contributed by atoms with E-state index in [4.69, 9.17) is 0 Å². The summed E-state index contributed by atoms with van der Waals surface area (Å²) in [7, 11) is 0. The minimum absolute atomic E-state index is 0.314. The summed E-state index contributed by atoms with van der Waals surface area (Å²) in [5, 5.41) is 3.85. The number of hydrogen-bond acceptors (Lipinski definition) is 2. The summed E-state index contributed by atoms with van der Waals surface area (Å²) in [6.45, 7) is 13.4. The van der Waals surface area contributed by atoms with E-state index in [2.05, 4.69) is 37.9 Å². The van der Waals surface area contributed by atoms with Gasteiger partial charge in [0.05, 0.1) is 0 Å². The zero-order valence-electron chi connectivity index (χ0n) is 13.5. The van der Waals surface area contributed by atoms with Crippen LogP contribution in [-0.2, 0) is 0 Å². The van der Waals surface area contributed by atoms with Gasteiger partial charge in [-0.15, -0.1) is 0 Å². The van der Waals surface area contributed by atoms with Crippen molar-refractivity contribution in [2.75, 3.05) is 19.6 Å². The quantitative estimate of drug-likeness (QED) is 0.817. The van der Waals surface area contributed by atoms with Gasteiger partial charge in [0.25, 0.3) is 0 Å². The molecule has 0 aromatic carbocycles. The maximum atomic E-state index is 3.85. The van der Waals surface area contributed by atoms with Crippen molar-refractivity contribution in [2.45, 2.75) is 77.8 Å². The van der Waals surface area contributed by atoms with Gasteiger partial charge in [0.2, 0.25) is 0 Å². The van der Waals surface area contributed by atoms with Crippen LogP contribution in [0, 0.1) is 11.8 Å². The molecule has 0 bridgehead atoms. The summed E-state index contributed by atoms with van der Waals surface area (Å²) in [5.74, 6) is 1.80. The van der Waals surface area contributed by atoms with Crippen LogP contribution in [-0.4, -0.2) is 36.1 Å². The lowest BCUT2D eigenvalue weighted by molar-refractivity contribution is 0.0592. The number of nitrogens with zero attached hydrogens (tertiary/aromatic N) is 1. The Morgan fingerprint density at radius 3 is 2.42 bits per heavy atom. The van der Waals surface area contributed by atoms with E-state index in [1.807, 2.05) is 0 Å². The van der Waals surface area contributed by atoms with Gasteiger partial charge >= 0.3 is 0 Å². The van der Waals surface area contributed by atoms with Gasteiger partial charge in [-0.25, -0.2) is 0 Å². The molecule has 1 saturated heterocycles. The molecule has 0 radical (unpaired) electrons. The molecule has 0 amide bonds. The fourth-order valence-electron chi connectivity index (χ4n) is 4.49. The minimum Gasteiger partial charge on any atom is -0.312 e. The smallest absolute Gasteiger partial charge is 0.0308 e.